The predicted molar refractivity (Wildman–Crippen MR) is 105 cm³/mol. The molecule has 0 spiro atoms. The third-order valence-corrected chi connectivity index (χ3v) is 6.39. The molecule has 3 rings (SSSR count). The zero-order chi connectivity index (χ0) is 18.9. The molecule has 0 aliphatic heterocycles. The number of aromatic nitrogens is 1. The molecule has 1 aliphatic carbocycles. The van der Waals surface area contributed by atoms with Gasteiger partial charge in [-0.05, 0) is 62.8 Å². The molecule has 142 valence electrons. The number of sulfonamides is 1. The summed E-state index contributed by atoms with van der Waals surface area (Å²) < 4.78 is 26.8. The van der Waals surface area contributed by atoms with Gasteiger partial charge in [0.1, 0.15) is 5.69 Å². The van der Waals surface area contributed by atoms with Crippen LogP contribution < -0.4 is 10.0 Å². The summed E-state index contributed by atoms with van der Waals surface area (Å²) in [6, 6.07) is 5.48. The van der Waals surface area contributed by atoms with Crippen molar-refractivity contribution in [3.8, 4) is 0 Å². The van der Waals surface area contributed by atoms with Gasteiger partial charge in [0.15, 0.2) is 0 Å². The first-order valence-electron chi connectivity index (χ1n) is 9.24. The average molecular weight is 378 g/mol. The lowest BCUT2D eigenvalue weighted by Gasteiger charge is -2.12. The van der Waals surface area contributed by atoms with Crippen molar-refractivity contribution in [1.82, 2.24) is 10.3 Å². The van der Waals surface area contributed by atoms with E-state index in [9.17, 15) is 13.2 Å². The Hall–Kier alpha value is -2.02. The maximum atomic E-state index is 12.6. The average Bonchev–Trinajstić information content (AvgIpc) is 3.38. The molecular weight excluding hydrogens is 350 g/mol. The highest BCUT2D eigenvalue weighted by Crippen LogP contribution is 2.32. The number of benzene rings is 1. The van der Waals surface area contributed by atoms with Gasteiger partial charge in [0.2, 0.25) is 10.0 Å². The van der Waals surface area contributed by atoms with E-state index >= 15 is 0 Å². The van der Waals surface area contributed by atoms with E-state index in [0.29, 0.717) is 23.7 Å². The fraction of sp³-hybridized carbons (Fsp3) is 0.526. The summed E-state index contributed by atoms with van der Waals surface area (Å²) in [5.41, 5.74) is 2.71. The van der Waals surface area contributed by atoms with E-state index in [-0.39, 0.29) is 17.7 Å². The lowest BCUT2D eigenvalue weighted by Crippen LogP contribution is -2.34. The lowest BCUT2D eigenvalue weighted by molar-refractivity contribution is 0.0931. The number of aryl methyl sites for hydroxylation is 1. The summed E-state index contributed by atoms with van der Waals surface area (Å²) in [6.45, 7) is 5.88. The van der Waals surface area contributed by atoms with Gasteiger partial charge in [0.25, 0.3) is 5.91 Å². The topological polar surface area (TPSA) is 91.1 Å². The second-order valence-corrected chi connectivity index (χ2v) is 9.10. The Labute approximate surface area is 154 Å². The van der Waals surface area contributed by atoms with E-state index in [1.54, 1.807) is 18.2 Å². The Bertz CT molecular complexity index is 913. The van der Waals surface area contributed by atoms with Crippen molar-refractivity contribution in [3.05, 3.63) is 29.5 Å². The molecular formula is C19H27N3O3S. The van der Waals surface area contributed by atoms with Crippen molar-refractivity contribution < 1.29 is 13.2 Å². The minimum Gasteiger partial charge on any atom is -0.350 e. The number of nitrogens with one attached hydrogen (secondary N) is 3. The number of anilines is 1. The molecule has 1 heterocycles. The SMILES string of the molecule is CCCCS(=O)(=O)Nc1ccc2[nH]c(C(=O)NC(C)C3CC3)c(C)c2c1. The first kappa shape index (κ1) is 18.8. The van der Waals surface area contributed by atoms with Gasteiger partial charge in [-0.2, -0.15) is 0 Å². The van der Waals surface area contributed by atoms with Gasteiger partial charge < -0.3 is 10.3 Å². The number of fused-ring (bicyclic) bond motifs is 1. The maximum Gasteiger partial charge on any atom is 0.268 e. The molecule has 1 saturated carbocycles. The summed E-state index contributed by atoms with van der Waals surface area (Å²) in [6.07, 6.45) is 3.81. The van der Waals surface area contributed by atoms with Crippen LogP contribution in [-0.2, 0) is 10.0 Å². The van der Waals surface area contributed by atoms with Gasteiger partial charge in [-0.25, -0.2) is 8.42 Å². The van der Waals surface area contributed by atoms with Crippen molar-refractivity contribution in [1.29, 1.82) is 0 Å². The van der Waals surface area contributed by atoms with Gasteiger partial charge >= 0.3 is 0 Å². The van der Waals surface area contributed by atoms with Gasteiger partial charge in [-0.15, -0.1) is 0 Å². The smallest absolute Gasteiger partial charge is 0.268 e. The van der Waals surface area contributed by atoms with E-state index in [1.807, 2.05) is 20.8 Å². The van der Waals surface area contributed by atoms with Crippen LogP contribution in [0, 0.1) is 12.8 Å². The Morgan fingerprint density at radius 1 is 1.35 bits per heavy atom. The summed E-state index contributed by atoms with van der Waals surface area (Å²) >= 11 is 0. The number of rotatable bonds is 8. The summed E-state index contributed by atoms with van der Waals surface area (Å²) in [5.74, 6) is 0.594. The molecule has 26 heavy (non-hydrogen) atoms. The van der Waals surface area contributed by atoms with Crippen LogP contribution in [0.2, 0.25) is 0 Å². The van der Waals surface area contributed by atoms with Crippen molar-refractivity contribution >= 4 is 32.5 Å². The van der Waals surface area contributed by atoms with Crippen molar-refractivity contribution in [2.24, 2.45) is 5.92 Å². The molecule has 1 fully saturated rings. The normalized spacial score (nSPS) is 15.8. The number of carbonyl (C=O) groups excluding carboxylic acids is 1. The zero-order valence-corrected chi connectivity index (χ0v) is 16.4. The van der Waals surface area contributed by atoms with Crippen molar-refractivity contribution in [3.63, 3.8) is 0 Å². The van der Waals surface area contributed by atoms with Crippen LogP contribution in [0.4, 0.5) is 5.69 Å². The molecule has 1 aromatic heterocycles. The second-order valence-electron chi connectivity index (χ2n) is 7.26. The van der Waals surface area contributed by atoms with Crippen LogP contribution in [0.15, 0.2) is 18.2 Å². The van der Waals surface area contributed by atoms with E-state index in [0.717, 1.165) is 22.9 Å². The Morgan fingerprint density at radius 2 is 2.08 bits per heavy atom. The van der Waals surface area contributed by atoms with Crippen molar-refractivity contribution in [2.75, 3.05) is 10.5 Å². The quantitative estimate of drug-likeness (QED) is 0.657. The van der Waals surface area contributed by atoms with Crippen molar-refractivity contribution in [2.45, 2.75) is 52.5 Å². The number of amides is 1. The van der Waals surface area contributed by atoms with Crippen LogP contribution in [0.25, 0.3) is 10.9 Å². The molecule has 7 heteroatoms. The number of H-pyrrole nitrogens is 1. The molecule has 1 aliphatic rings. The monoisotopic (exact) mass is 377 g/mol. The number of hydrogen-bond acceptors (Lipinski definition) is 3. The van der Waals surface area contributed by atoms with Crippen LogP contribution in [0.5, 0.6) is 0 Å². The molecule has 1 aromatic carbocycles. The lowest BCUT2D eigenvalue weighted by atomic mass is 10.1. The number of unbranched alkanes of at least 4 members (excludes halogenated alkanes) is 1. The van der Waals surface area contributed by atoms with Gasteiger partial charge in [-0.1, -0.05) is 13.3 Å². The molecule has 1 atom stereocenters. The molecule has 0 bridgehead atoms. The Kier molecular flexibility index (Phi) is 5.27. The van der Waals surface area contributed by atoms with E-state index < -0.39 is 10.0 Å². The van der Waals surface area contributed by atoms with Crippen LogP contribution >= 0.6 is 0 Å². The number of carbonyl (C=O) groups is 1. The van der Waals surface area contributed by atoms with Gasteiger partial charge in [0, 0.05) is 22.6 Å². The second kappa shape index (κ2) is 7.31. The fourth-order valence-electron chi connectivity index (χ4n) is 3.18. The molecule has 6 nitrogen and oxygen atoms in total. The summed E-state index contributed by atoms with van der Waals surface area (Å²) in [4.78, 5) is 15.7. The number of hydrogen-bond donors (Lipinski definition) is 3. The first-order valence-corrected chi connectivity index (χ1v) is 10.9. The van der Waals surface area contributed by atoms with Crippen LogP contribution in [0.1, 0.15) is 55.6 Å². The molecule has 0 saturated heterocycles. The summed E-state index contributed by atoms with van der Waals surface area (Å²) in [5, 5.41) is 3.91. The minimum atomic E-state index is -3.35. The zero-order valence-electron chi connectivity index (χ0n) is 15.6. The molecule has 0 radical (unpaired) electrons. The van der Waals surface area contributed by atoms with Gasteiger partial charge in [-0.3, -0.25) is 9.52 Å². The molecule has 1 unspecified atom stereocenters. The first-order chi connectivity index (χ1) is 12.3. The molecule has 2 aromatic rings. The largest absolute Gasteiger partial charge is 0.350 e. The van der Waals surface area contributed by atoms with E-state index in [4.69, 9.17) is 0 Å². The van der Waals surface area contributed by atoms with Crippen LogP contribution in [-0.4, -0.2) is 31.1 Å². The van der Waals surface area contributed by atoms with E-state index in [2.05, 4.69) is 15.0 Å². The fourth-order valence-corrected chi connectivity index (χ4v) is 4.43. The Balaban J connectivity index is 1.81. The molecule has 3 N–H and O–H groups in total. The minimum absolute atomic E-state index is 0.108. The van der Waals surface area contributed by atoms with Gasteiger partial charge in [0.05, 0.1) is 5.75 Å². The number of aromatic amines is 1. The third-order valence-electron chi connectivity index (χ3n) is 5.01. The Morgan fingerprint density at radius 3 is 2.73 bits per heavy atom. The highest BCUT2D eigenvalue weighted by molar-refractivity contribution is 7.92. The predicted octanol–water partition coefficient (Wildman–Crippen LogP) is 3.55. The highest BCUT2D eigenvalue weighted by Gasteiger charge is 2.29. The maximum absolute atomic E-state index is 12.6. The highest BCUT2D eigenvalue weighted by atomic mass is 32.2. The standard InChI is InChI=1S/C19H27N3O3S/c1-4-5-10-26(24,25)22-15-8-9-17-16(11-15)12(2)18(21-17)19(23)20-13(3)14-6-7-14/h8-9,11,13-14,21-22H,4-7,10H2,1-3H3,(H,20,23). The van der Waals surface area contributed by atoms with E-state index in [1.165, 1.54) is 12.8 Å². The van der Waals surface area contributed by atoms with Crippen LogP contribution in [0.3, 0.4) is 0 Å². The third kappa shape index (κ3) is 4.20. The molecule has 1 amide bonds. The summed E-state index contributed by atoms with van der Waals surface area (Å²) in [7, 11) is -3.35.